The van der Waals surface area contributed by atoms with E-state index in [4.69, 9.17) is 0 Å². The van der Waals surface area contributed by atoms with Crippen molar-refractivity contribution in [1.29, 1.82) is 0 Å². The van der Waals surface area contributed by atoms with Gasteiger partial charge in [-0.3, -0.25) is 19.8 Å². The predicted molar refractivity (Wildman–Crippen MR) is 124 cm³/mol. The second-order valence-electron chi connectivity index (χ2n) is 7.65. The number of nitro benzene ring substituents is 1. The average molecular weight is 418 g/mol. The van der Waals surface area contributed by atoms with Crippen molar-refractivity contribution in [2.45, 2.75) is 6.92 Å². The molecule has 0 spiro atoms. The Morgan fingerprint density at radius 3 is 2.39 bits per heavy atom. The third-order valence-corrected chi connectivity index (χ3v) is 5.82. The average Bonchev–Trinajstić information content (AvgIpc) is 2.80. The zero-order valence-corrected chi connectivity index (χ0v) is 17.6. The fourth-order valence-electron chi connectivity index (χ4n) is 4.23. The summed E-state index contributed by atoms with van der Waals surface area (Å²) in [5, 5.41) is 13.5. The summed E-state index contributed by atoms with van der Waals surface area (Å²) in [5.74, 6) is 0.0676. The summed E-state index contributed by atoms with van der Waals surface area (Å²) in [4.78, 5) is 30.2. The molecule has 1 amide bonds. The molecule has 1 aliphatic rings. The minimum absolute atomic E-state index is 0.0676. The van der Waals surface area contributed by atoms with E-state index in [0.717, 1.165) is 16.5 Å². The van der Waals surface area contributed by atoms with Gasteiger partial charge in [0, 0.05) is 44.2 Å². The van der Waals surface area contributed by atoms with Gasteiger partial charge in [-0.15, -0.1) is 0 Å². The SMILES string of the molecule is CCN(C(=O)CN1CCN(c2ccccc2[N+](=O)[O-])CC1)c1cccc2ccccc12. The van der Waals surface area contributed by atoms with Crippen LogP contribution in [0.3, 0.4) is 0 Å². The summed E-state index contributed by atoms with van der Waals surface area (Å²) in [6.07, 6.45) is 0. The van der Waals surface area contributed by atoms with Crippen LogP contribution in [0.2, 0.25) is 0 Å². The number of anilines is 2. The molecule has 0 aromatic heterocycles. The van der Waals surface area contributed by atoms with Gasteiger partial charge in [0.2, 0.25) is 5.91 Å². The highest BCUT2D eigenvalue weighted by atomic mass is 16.6. The fourth-order valence-corrected chi connectivity index (χ4v) is 4.23. The van der Waals surface area contributed by atoms with Crippen molar-refractivity contribution in [3.05, 3.63) is 76.8 Å². The van der Waals surface area contributed by atoms with Gasteiger partial charge in [0.15, 0.2) is 0 Å². The molecule has 0 saturated carbocycles. The van der Waals surface area contributed by atoms with Crippen LogP contribution < -0.4 is 9.80 Å². The van der Waals surface area contributed by atoms with E-state index in [1.165, 1.54) is 6.07 Å². The Labute approximate surface area is 181 Å². The van der Waals surface area contributed by atoms with E-state index in [-0.39, 0.29) is 16.5 Å². The van der Waals surface area contributed by atoms with Crippen LogP contribution in [-0.4, -0.2) is 55.0 Å². The highest BCUT2D eigenvalue weighted by Crippen LogP contribution is 2.29. The molecule has 3 aromatic rings. The Balaban J connectivity index is 1.43. The van der Waals surface area contributed by atoms with E-state index in [2.05, 4.69) is 17.0 Å². The summed E-state index contributed by atoms with van der Waals surface area (Å²) in [7, 11) is 0. The molecule has 160 valence electrons. The highest BCUT2D eigenvalue weighted by Gasteiger charge is 2.25. The topological polar surface area (TPSA) is 69.9 Å². The number of nitro groups is 1. The third-order valence-electron chi connectivity index (χ3n) is 5.82. The maximum atomic E-state index is 13.2. The molecule has 7 nitrogen and oxygen atoms in total. The lowest BCUT2D eigenvalue weighted by atomic mass is 10.1. The molecule has 0 N–H and O–H groups in total. The number of rotatable bonds is 6. The molecule has 4 rings (SSSR count). The van der Waals surface area contributed by atoms with Gasteiger partial charge in [-0.1, -0.05) is 48.5 Å². The monoisotopic (exact) mass is 418 g/mol. The molecule has 31 heavy (non-hydrogen) atoms. The minimum atomic E-state index is -0.339. The minimum Gasteiger partial charge on any atom is -0.363 e. The number of para-hydroxylation sites is 2. The van der Waals surface area contributed by atoms with Gasteiger partial charge in [0.05, 0.1) is 17.2 Å². The number of likely N-dealkylation sites (N-methyl/N-ethyl adjacent to an activating group) is 1. The highest BCUT2D eigenvalue weighted by molar-refractivity contribution is 6.04. The van der Waals surface area contributed by atoms with E-state index in [1.54, 1.807) is 12.1 Å². The van der Waals surface area contributed by atoms with Crippen molar-refractivity contribution < 1.29 is 9.72 Å². The van der Waals surface area contributed by atoms with Crippen LogP contribution in [0.5, 0.6) is 0 Å². The molecule has 0 aliphatic carbocycles. The number of nitrogens with zero attached hydrogens (tertiary/aromatic N) is 4. The molecule has 0 unspecified atom stereocenters. The normalized spacial score (nSPS) is 14.5. The van der Waals surface area contributed by atoms with Crippen LogP contribution in [0.4, 0.5) is 17.1 Å². The van der Waals surface area contributed by atoms with Crippen LogP contribution in [0.1, 0.15) is 6.92 Å². The Morgan fingerprint density at radius 2 is 1.65 bits per heavy atom. The van der Waals surface area contributed by atoms with Gasteiger partial charge in [0.1, 0.15) is 5.69 Å². The van der Waals surface area contributed by atoms with Gasteiger partial charge >= 0.3 is 0 Å². The number of fused-ring (bicyclic) bond motifs is 1. The molecular formula is C24H26N4O3. The second kappa shape index (κ2) is 9.14. The van der Waals surface area contributed by atoms with E-state index in [9.17, 15) is 14.9 Å². The zero-order valence-electron chi connectivity index (χ0n) is 17.6. The quantitative estimate of drug-likeness (QED) is 0.448. The summed E-state index contributed by atoms with van der Waals surface area (Å²) >= 11 is 0. The Hall–Kier alpha value is -3.45. The lowest BCUT2D eigenvalue weighted by molar-refractivity contribution is -0.384. The van der Waals surface area contributed by atoms with Gasteiger partial charge in [0.25, 0.3) is 5.69 Å². The van der Waals surface area contributed by atoms with Crippen LogP contribution in [0, 0.1) is 10.1 Å². The first-order valence-corrected chi connectivity index (χ1v) is 10.6. The Bertz CT molecular complexity index is 1090. The number of carbonyl (C=O) groups excluding carboxylic acids is 1. The van der Waals surface area contributed by atoms with E-state index in [1.807, 2.05) is 53.1 Å². The summed E-state index contributed by atoms with van der Waals surface area (Å²) in [6.45, 7) is 5.60. The molecule has 1 aliphatic heterocycles. The van der Waals surface area contributed by atoms with Crippen molar-refractivity contribution in [2.75, 3.05) is 49.1 Å². The van der Waals surface area contributed by atoms with Crippen LogP contribution >= 0.6 is 0 Å². The number of carbonyl (C=O) groups is 1. The molecule has 1 fully saturated rings. The van der Waals surface area contributed by atoms with Crippen LogP contribution in [0.25, 0.3) is 10.8 Å². The van der Waals surface area contributed by atoms with Crippen molar-refractivity contribution in [1.82, 2.24) is 4.90 Å². The zero-order chi connectivity index (χ0) is 21.8. The van der Waals surface area contributed by atoms with Gasteiger partial charge in [-0.25, -0.2) is 0 Å². The standard InChI is InChI=1S/C24H26N4O3/c1-2-27(21-13-7-9-19-8-3-4-10-20(19)21)24(29)18-25-14-16-26(17-15-25)22-11-5-6-12-23(22)28(30)31/h3-13H,2,14-18H2,1H3. The number of hydrogen-bond donors (Lipinski definition) is 0. The number of piperazine rings is 1. The molecule has 0 radical (unpaired) electrons. The first kappa shape index (κ1) is 20.8. The van der Waals surface area contributed by atoms with Gasteiger partial charge in [-0.05, 0) is 24.4 Å². The van der Waals surface area contributed by atoms with Crippen LogP contribution in [0.15, 0.2) is 66.7 Å². The van der Waals surface area contributed by atoms with Crippen molar-refractivity contribution in [2.24, 2.45) is 0 Å². The molecule has 0 bridgehead atoms. The first-order chi connectivity index (χ1) is 15.1. The Kier molecular flexibility index (Phi) is 6.13. The number of hydrogen-bond acceptors (Lipinski definition) is 5. The van der Waals surface area contributed by atoms with Crippen molar-refractivity contribution in [3.63, 3.8) is 0 Å². The largest absolute Gasteiger partial charge is 0.363 e. The summed E-state index contributed by atoms with van der Waals surface area (Å²) in [6, 6.07) is 21.0. The first-order valence-electron chi connectivity index (χ1n) is 10.6. The number of amides is 1. The molecule has 1 heterocycles. The van der Waals surface area contributed by atoms with E-state index >= 15 is 0 Å². The smallest absolute Gasteiger partial charge is 0.292 e. The summed E-state index contributed by atoms with van der Waals surface area (Å²) < 4.78 is 0. The third kappa shape index (κ3) is 4.36. The predicted octanol–water partition coefficient (Wildman–Crippen LogP) is 3.92. The molecular weight excluding hydrogens is 392 g/mol. The molecule has 3 aromatic carbocycles. The number of benzene rings is 3. The van der Waals surface area contributed by atoms with Gasteiger partial charge < -0.3 is 9.80 Å². The summed E-state index contributed by atoms with van der Waals surface area (Å²) in [5.41, 5.74) is 1.70. The Morgan fingerprint density at radius 1 is 0.968 bits per heavy atom. The second-order valence-corrected chi connectivity index (χ2v) is 7.65. The lowest BCUT2D eigenvalue weighted by Gasteiger charge is -2.36. The van der Waals surface area contributed by atoms with E-state index in [0.29, 0.717) is 45.0 Å². The fraction of sp³-hybridized carbons (Fsp3) is 0.292. The maximum Gasteiger partial charge on any atom is 0.292 e. The lowest BCUT2D eigenvalue weighted by Crippen LogP contribution is -2.50. The molecule has 7 heteroatoms. The molecule has 1 saturated heterocycles. The van der Waals surface area contributed by atoms with Gasteiger partial charge in [-0.2, -0.15) is 0 Å². The maximum absolute atomic E-state index is 13.2. The van der Waals surface area contributed by atoms with Crippen molar-refractivity contribution in [3.8, 4) is 0 Å². The van der Waals surface area contributed by atoms with Crippen molar-refractivity contribution >= 4 is 33.7 Å². The van der Waals surface area contributed by atoms with E-state index < -0.39 is 0 Å². The molecule has 0 atom stereocenters. The van der Waals surface area contributed by atoms with Crippen LogP contribution in [-0.2, 0) is 4.79 Å².